The van der Waals surface area contributed by atoms with E-state index >= 15 is 0 Å². The maximum absolute atomic E-state index is 11.6. The van der Waals surface area contributed by atoms with Crippen molar-refractivity contribution in [3.63, 3.8) is 0 Å². The molecule has 1 atom stereocenters. The van der Waals surface area contributed by atoms with Crippen molar-refractivity contribution in [1.29, 1.82) is 0 Å². The van der Waals surface area contributed by atoms with Gasteiger partial charge in [0, 0.05) is 11.1 Å². The Bertz CT molecular complexity index is 395. The van der Waals surface area contributed by atoms with Crippen LogP contribution < -0.4 is 5.73 Å². The molecular weight excluding hydrogens is 250 g/mol. The zero-order valence-corrected chi connectivity index (χ0v) is 11.8. The summed E-state index contributed by atoms with van der Waals surface area (Å²) >= 11 is 5.80. The molecular formula is C14H20ClNO2. The number of rotatable bonds is 4. The Morgan fingerprint density at radius 2 is 1.89 bits per heavy atom. The lowest BCUT2D eigenvalue weighted by atomic mass is 10.0. The van der Waals surface area contributed by atoms with E-state index in [-0.39, 0.29) is 18.4 Å². The van der Waals surface area contributed by atoms with E-state index in [0.29, 0.717) is 11.4 Å². The molecule has 0 aliphatic carbocycles. The highest BCUT2D eigenvalue weighted by Gasteiger charge is 2.18. The molecule has 100 valence electrons. The third-order valence-electron chi connectivity index (χ3n) is 2.26. The van der Waals surface area contributed by atoms with Crippen LogP contribution in [0.4, 0.5) is 0 Å². The largest absolute Gasteiger partial charge is 0.460 e. The molecule has 0 bridgehead atoms. The van der Waals surface area contributed by atoms with E-state index in [1.54, 1.807) is 0 Å². The van der Waals surface area contributed by atoms with Crippen molar-refractivity contribution in [3.8, 4) is 0 Å². The second kappa shape index (κ2) is 6.21. The van der Waals surface area contributed by atoms with Crippen molar-refractivity contribution >= 4 is 17.6 Å². The predicted octanol–water partition coefficient (Wildman–Crippen LogP) is 2.94. The second-order valence-electron chi connectivity index (χ2n) is 5.38. The molecule has 1 rings (SSSR count). The maximum Gasteiger partial charge on any atom is 0.307 e. The first-order valence-electron chi connectivity index (χ1n) is 5.98. The second-order valence-corrected chi connectivity index (χ2v) is 5.82. The van der Waals surface area contributed by atoms with E-state index < -0.39 is 5.60 Å². The molecule has 1 aromatic carbocycles. The number of esters is 1. The van der Waals surface area contributed by atoms with Crippen LogP contribution in [0.3, 0.4) is 0 Å². The fraction of sp³-hybridized carbons (Fsp3) is 0.500. The molecule has 0 unspecified atom stereocenters. The lowest BCUT2D eigenvalue weighted by Gasteiger charge is -2.21. The summed E-state index contributed by atoms with van der Waals surface area (Å²) < 4.78 is 5.23. The standard InChI is InChI=1S/C14H20ClNO2/c1-14(2,3)18-13(17)9-12(16)8-10-4-6-11(15)7-5-10/h4-7,12H,8-9,16H2,1-3H3/t12-/m0/s1. The lowest BCUT2D eigenvalue weighted by Crippen LogP contribution is -2.31. The Morgan fingerprint density at radius 1 is 1.33 bits per heavy atom. The van der Waals surface area contributed by atoms with Gasteiger partial charge in [0.2, 0.25) is 0 Å². The Morgan fingerprint density at radius 3 is 2.39 bits per heavy atom. The van der Waals surface area contributed by atoms with E-state index in [0.717, 1.165) is 5.56 Å². The summed E-state index contributed by atoms with van der Waals surface area (Å²) in [7, 11) is 0. The van der Waals surface area contributed by atoms with Crippen molar-refractivity contribution in [2.45, 2.75) is 45.3 Å². The topological polar surface area (TPSA) is 52.3 Å². The van der Waals surface area contributed by atoms with Gasteiger partial charge in [0.1, 0.15) is 5.60 Å². The van der Waals surface area contributed by atoms with Gasteiger partial charge < -0.3 is 10.5 Å². The van der Waals surface area contributed by atoms with E-state index in [9.17, 15) is 4.79 Å². The first-order valence-corrected chi connectivity index (χ1v) is 6.36. The molecule has 0 spiro atoms. The highest BCUT2D eigenvalue weighted by Crippen LogP contribution is 2.13. The van der Waals surface area contributed by atoms with E-state index in [1.807, 2.05) is 45.0 Å². The molecule has 0 aromatic heterocycles. The van der Waals surface area contributed by atoms with Gasteiger partial charge in [-0.1, -0.05) is 23.7 Å². The summed E-state index contributed by atoms with van der Waals surface area (Å²) in [6.07, 6.45) is 0.857. The van der Waals surface area contributed by atoms with Crippen LogP contribution in [0.2, 0.25) is 5.02 Å². The van der Waals surface area contributed by atoms with Gasteiger partial charge in [0.25, 0.3) is 0 Å². The molecule has 4 heteroatoms. The Hall–Kier alpha value is -1.06. The minimum atomic E-state index is -0.461. The molecule has 0 saturated carbocycles. The highest BCUT2D eigenvalue weighted by atomic mass is 35.5. The van der Waals surface area contributed by atoms with E-state index in [1.165, 1.54) is 0 Å². The molecule has 1 aromatic rings. The fourth-order valence-electron chi connectivity index (χ4n) is 1.59. The summed E-state index contributed by atoms with van der Waals surface area (Å²) in [5, 5.41) is 0.694. The Kier molecular flexibility index (Phi) is 5.17. The fourth-order valence-corrected chi connectivity index (χ4v) is 1.72. The molecule has 2 N–H and O–H groups in total. The number of benzene rings is 1. The average Bonchev–Trinajstić information content (AvgIpc) is 2.18. The minimum absolute atomic E-state index is 0.222. The minimum Gasteiger partial charge on any atom is -0.460 e. The summed E-state index contributed by atoms with van der Waals surface area (Å²) in [6.45, 7) is 5.53. The molecule has 0 radical (unpaired) electrons. The normalized spacial score (nSPS) is 13.2. The smallest absolute Gasteiger partial charge is 0.307 e. The number of hydrogen-bond donors (Lipinski definition) is 1. The Balaban J connectivity index is 2.44. The number of hydrogen-bond acceptors (Lipinski definition) is 3. The van der Waals surface area contributed by atoms with Gasteiger partial charge in [-0.05, 0) is 44.9 Å². The zero-order valence-electron chi connectivity index (χ0n) is 11.1. The first kappa shape index (κ1) is 15.0. The van der Waals surface area contributed by atoms with Crippen molar-refractivity contribution in [2.24, 2.45) is 5.73 Å². The number of nitrogens with two attached hydrogens (primary N) is 1. The van der Waals surface area contributed by atoms with Crippen molar-refractivity contribution in [3.05, 3.63) is 34.9 Å². The van der Waals surface area contributed by atoms with Gasteiger partial charge in [0.15, 0.2) is 0 Å². The van der Waals surface area contributed by atoms with Crippen LogP contribution in [-0.4, -0.2) is 17.6 Å². The summed E-state index contributed by atoms with van der Waals surface area (Å²) in [4.78, 5) is 11.6. The molecule has 3 nitrogen and oxygen atoms in total. The third-order valence-corrected chi connectivity index (χ3v) is 2.51. The summed E-state index contributed by atoms with van der Waals surface area (Å²) in [5.74, 6) is -0.260. The van der Waals surface area contributed by atoms with Crippen LogP contribution in [-0.2, 0) is 16.0 Å². The van der Waals surface area contributed by atoms with Crippen LogP contribution in [0.25, 0.3) is 0 Å². The van der Waals surface area contributed by atoms with Crippen molar-refractivity contribution in [2.75, 3.05) is 0 Å². The first-order chi connectivity index (χ1) is 8.26. The predicted molar refractivity (Wildman–Crippen MR) is 73.6 cm³/mol. The number of halogens is 1. The van der Waals surface area contributed by atoms with Gasteiger partial charge in [-0.25, -0.2) is 0 Å². The number of carbonyl (C=O) groups is 1. The molecule has 0 heterocycles. The lowest BCUT2D eigenvalue weighted by molar-refractivity contribution is -0.155. The van der Waals surface area contributed by atoms with Crippen LogP contribution in [0.5, 0.6) is 0 Å². The molecule has 18 heavy (non-hydrogen) atoms. The van der Waals surface area contributed by atoms with Gasteiger partial charge >= 0.3 is 5.97 Å². The number of carbonyl (C=O) groups excluding carboxylic acids is 1. The SMILES string of the molecule is CC(C)(C)OC(=O)C[C@@H](N)Cc1ccc(Cl)cc1. The van der Waals surface area contributed by atoms with Crippen LogP contribution >= 0.6 is 11.6 Å². The highest BCUT2D eigenvalue weighted by molar-refractivity contribution is 6.30. The monoisotopic (exact) mass is 269 g/mol. The molecule has 0 aliphatic rings. The Labute approximate surface area is 113 Å². The molecule has 0 saturated heterocycles. The van der Waals surface area contributed by atoms with Crippen LogP contribution in [0.1, 0.15) is 32.8 Å². The van der Waals surface area contributed by atoms with Crippen LogP contribution in [0.15, 0.2) is 24.3 Å². The maximum atomic E-state index is 11.6. The third kappa shape index (κ3) is 6.03. The van der Waals surface area contributed by atoms with Crippen molar-refractivity contribution in [1.82, 2.24) is 0 Å². The molecule has 0 fully saturated rings. The van der Waals surface area contributed by atoms with Gasteiger partial charge in [-0.15, -0.1) is 0 Å². The summed E-state index contributed by atoms with van der Waals surface area (Å²) in [5.41, 5.74) is 6.53. The van der Waals surface area contributed by atoms with Gasteiger partial charge in [-0.3, -0.25) is 4.79 Å². The van der Waals surface area contributed by atoms with Gasteiger partial charge in [-0.2, -0.15) is 0 Å². The van der Waals surface area contributed by atoms with E-state index in [2.05, 4.69) is 0 Å². The number of ether oxygens (including phenoxy) is 1. The molecule has 0 amide bonds. The van der Waals surface area contributed by atoms with E-state index in [4.69, 9.17) is 22.1 Å². The average molecular weight is 270 g/mol. The van der Waals surface area contributed by atoms with Crippen LogP contribution in [0, 0.1) is 0 Å². The quantitative estimate of drug-likeness (QED) is 0.855. The van der Waals surface area contributed by atoms with Gasteiger partial charge in [0.05, 0.1) is 6.42 Å². The zero-order chi connectivity index (χ0) is 13.8. The molecule has 0 aliphatic heterocycles. The summed E-state index contributed by atoms with van der Waals surface area (Å²) in [6, 6.07) is 7.23. The van der Waals surface area contributed by atoms with Crippen molar-refractivity contribution < 1.29 is 9.53 Å².